The fraction of sp³-hybridized carbons (Fsp3) is 0.308. The summed E-state index contributed by atoms with van der Waals surface area (Å²) in [5.74, 6) is 0.998. The number of hydrogen-bond acceptors (Lipinski definition) is 1. The number of aromatic amines is 1. The van der Waals surface area contributed by atoms with Crippen molar-refractivity contribution in [2.45, 2.75) is 26.2 Å². The van der Waals surface area contributed by atoms with Crippen LogP contribution in [0.4, 0.5) is 0 Å². The number of nitrogens with zero attached hydrogens (tertiary/aromatic N) is 1. The predicted octanol–water partition coefficient (Wildman–Crippen LogP) is 4.14. The number of aromatic nitrogens is 2. The Morgan fingerprint density at radius 1 is 1.12 bits per heavy atom. The van der Waals surface area contributed by atoms with E-state index in [4.69, 9.17) is 0 Å². The molecule has 84 valence electrons. The second-order valence-corrected chi connectivity index (χ2v) is 5.66. The molecule has 0 bridgehead atoms. The molecule has 0 unspecified atom stereocenters. The smallest absolute Gasteiger partial charge is 0.113 e. The largest absolute Gasteiger partial charge is 0.336 e. The Bertz CT molecular complexity index is 480. The van der Waals surface area contributed by atoms with E-state index < -0.39 is 0 Å². The van der Waals surface area contributed by atoms with Gasteiger partial charge in [-0.3, -0.25) is 0 Å². The van der Waals surface area contributed by atoms with E-state index in [9.17, 15) is 0 Å². The molecule has 0 amide bonds. The number of H-pyrrole nitrogens is 1. The molecule has 2 nitrogen and oxygen atoms in total. The van der Waals surface area contributed by atoms with Crippen LogP contribution in [0.5, 0.6) is 0 Å². The minimum Gasteiger partial charge on any atom is -0.336 e. The standard InChI is InChI=1S/C13H15BrN2/c1-13(2,3)12-15-10(11(14)16-12)9-7-5-4-6-8-9/h4-8H,1-3H3,(H,15,16). The molecule has 3 heteroatoms. The summed E-state index contributed by atoms with van der Waals surface area (Å²) in [6.45, 7) is 6.44. The van der Waals surface area contributed by atoms with Crippen molar-refractivity contribution in [3.8, 4) is 11.3 Å². The Balaban J connectivity index is 2.48. The second-order valence-electron chi connectivity index (χ2n) is 4.86. The molecule has 0 aliphatic heterocycles. The zero-order valence-electron chi connectivity index (χ0n) is 9.71. The summed E-state index contributed by atoms with van der Waals surface area (Å²) >= 11 is 3.53. The molecule has 0 aliphatic carbocycles. The summed E-state index contributed by atoms with van der Waals surface area (Å²) in [7, 11) is 0. The highest BCUT2D eigenvalue weighted by molar-refractivity contribution is 9.10. The van der Waals surface area contributed by atoms with E-state index in [-0.39, 0.29) is 5.41 Å². The number of hydrogen-bond donors (Lipinski definition) is 1. The Hall–Kier alpha value is -1.09. The van der Waals surface area contributed by atoms with Crippen LogP contribution in [0, 0.1) is 0 Å². The minimum absolute atomic E-state index is 0.0373. The van der Waals surface area contributed by atoms with Crippen LogP contribution in [0.25, 0.3) is 11.3 Å². The number of imidazole rings is 1. The maximum absolute atomic E-state index is 4.65. The molecule has 2 rings (SSSR count). The van der Waals surface area contributed by atoms with Crippen LogP contribution in [0.1, 0.15) is 26.6 Å². The molecule has 0 spiro atoms. The van der Waals surface area contributed by atoms with Crippen LogP contribution in [0.2, 0.25) is 0 Å². The average molecular weight is 279 g/mol. The van der Waals surface area contributed by atoms with Gasteiger partial charge >= 0.3 is 0 Å². The molecule has 0 radical (unpaired) electrons. The van der Waals surface area contributed by atoms with Gasteiger partial charge in [-0.1, -0.05) is 51.1 Å². The molecular weight excluding hydrogens is 264 g/mol. The Morgan fingerprint density at radius 2 is 1.75 bits per heavy atom. The molecule has 2 aromatic rings. The van der Waals surface area contributed by atoms with E-state index in [0.717, 1.165) is 21.7 Å². The quantitative estimate of drug-likeness (QED) is 0.835. The zero-order valence-corrected chi connectivity index (χ0v) is 11.3. The second kappa shape index (κ2) is 4.06. The van der Waals surface area contributed by atoms with E-state index in [0.29, 0.717) is 0 Å². The van der Waals surface area contributed by atoms with Gasteiger partial charge in [0.25, 0.3) is 0 Å². The fourth-order valence-corrected chi connectivity index (χ4v) is 2.00. The van der Waals surface area contributed by atoms with Gasteiger partial charge in [-0.2, -0.15) is 0 Å². The maximum Gasteiger partial charge on any atom is 0.113 e. The monoisotopic (exact) mass is 278 g/mol. The van der Waals surface area contributed by atoms with Gasteiger partial charge < -0.3 is 4.98 Å². The lowest BCUT2D eigenvalue weighted by Gasteiger charge is -2.13. The Labute approximate surface area is 104 Å². The van der Waals surface area contributed by atoms with Crippen molar-refractivity contribution >= 4 is 15.9 Å². The van der Waals surface area contributed by atoms with E-state index in [1.165, 1.54) is 0 Å². The lowest BCUT2D eigenvalue weighted by atomic mass is 9.96. The number of halogens is 1. The Kier molecular flexibility index (Phi) is 2.89. The molecule has 1 aromatic heterocycles. The first kappa shape index (κ1) is 11.4. The molecule has 1 heterocycles. The van der Waals surface area contributed by atoms with Crippen molar-refractivity contribution in [2.75, 3.05) is 0 Å². The van der Waals surface area contributed by atoms with Crippen molar-refractivity contribution < 1.29 is 0 Å². The first-order chi connectivity index (χ1) is 7.48. The van der Waals surface area contributed by atoms with Gasteiger partial charge in [0.2, 0.25) is 0 Å². The van der Waals surface area contributed by atoms with Crippen molar-refractivity contribution in [3.63, 3.8) is 0 Å². The molecule has 1 aromatic carbocycles. The number of rotatable bonds is 1. The highest BCUT2D eigenvalue weighted by Gasteiger charge is 2.20. The van der Waals surface area contributed by atoms with Crippen LogP contribution in [0.3, 0.4) is 0 Å². The van der Waals surface area contributed by atoms with Gasteiger partial charge in [0.15, 0.2) is 0 Å². The summed E-state index contributed by atoms with van der Waals surface area (Å²) in [6.07, 6.45) is 0. The molecule has 0 atom stereocenters. The summed E-state index contributed by atoms with van der Waals surface area (Å²) in [5, 5.41) is 0. The number of benzene rings is 1. The van der Waals surface area contributed by atoms with Crippen LogP contribution in [-0.2, 0) is 5.41 Å². The van der Waals surface area contributed by atoms with Crippen LogP contribution < -0.4 is 0 Å². The van der Waals surface area contributed by atoms with Crippen LogP contribution >= 0.6 is 15.9 Å². The number of nitrogens with one attached hydrogen (secondary N) is 1. The third kappa shape index (κ3) is 2.19. The average Bonchev–Trinajstić information content (AvgIpc) is 2.61. The van der Waals surface area contributed by atoms with E-state index in [1.54, 1.807) is 0 Å². The molecule has 1 N–H and O–H groups in total. The SMILES string of the molecule is CC(C)(C)c1nc(-c2ccccc2)c(Br)[nH]1. The zero-order chi connectivity index (χ0) is 11.8. The van der Waals surface area contributed by atoms with E-state index in [1.807, 2.05) is 18.2 Å². The van der Waals surface area contributed by atoms with Crippen molar-refractivity contribution in [1.82, 2.24) is 9.97 Å². The topological polar surface area (TPSA) is 28.7 Å². The van der Waals surface area contributed by atoms with Crippen molar-refractivity contribution in [2.24, 2.45) is 0 Å². The molecule has 0 saturated heterocycles. The summed E-state index contributed by atoms with van der Waals surface area (Å²) in [4.78, 5) is 7.94. The van der Waals surface area contributed by atoms with Crippen molar-refractivity contribution in [3.05, 3.63) is 40.8 Å². The van der Waals surface area contributed by atoms with Gasteiger partial charge in [-0.15, -0.1) is 0 Å². The van der Waals surface area contributed by atoms with E-state index >= 15 is 0 Å². The van der Waals surface area contributed by atoms with Gasteiger partial charge in [0.1, 0.15) is 16.1 Å². The minimum atomic E-state index is 0.0373. The van der Waals surface area contributed by atoms with Gasteiger partial charge in [-0.25, -0.2) is 4.98 Å². The third-order valence-corrected chi connectivity index (χ3v) is 2.99. The lowest BCUT2D eigenvalue weighted by molar-refractivity contribution is 0.552. The van der Waals surface area contributed by atoms with Crippen LogP contribution in [-0.4, -0.2) is 9.97 Å². The van der Waals surface area contributed by atoms with Gasteiger partial charge in [0.05, 0.1) is 0 Å². The maximum atomic E-state index is 4.65. The van der Waals surface area contributed by atoms with Crippen LogP contribution in [0.15, 0.2) is 34.9 Å². The molecule has 0 fully saturated rings. The highest BCUT2D eigenvalue weighted by Crippen LogP contribution is 2.29. The Morgan fingerprint density at radius 3 is 2.25 bits per heavy atom. The third-order valence-electron chi connectivity index (χ3n) is 2.42. The summed E-state index contributed by atoms with van der Waals surface area (Å²) < 4.78 is 0.948. The van der Waals surface area contributed by atoms with Gasteiger partial charge in [-0.05, 0) is 15.9 Å². The highest BCUT2D eigenvalue weighted by atomic mass is 79.9. The van der Waals surface area contributed by atoms with E-state index in [2.05, 4.69) is 58.8 Å². The molecular formula is C13H15BrN2. The fourth-order valence-electron chi connectivity index (χ4n) is 1.49. The summed E-state index contributed by atoms with van der Waals surface area (Å²) in [6, 6.07) is 10.2. The molecule has 0 aliphatic rings. The van der Waals surface area contributed by atoms with Gasteiger partial charge in [0, 0.05) is 11.0 Å². The first-order valence-corrected chi connectivity index (χ1v) is 6.09. The molecule has 16 heavy (non-hydrogen) atoms. The first-order valence-electron chi connectivity index (χ1n) is 5.30. The summed E-state index contributed by atoms with van der Waals surface area (Å²) in [5.41, 5.74) is 2.14. The molecule has 0 saturated carbocycles. The van der Waals surface area contributed by atoms with Crippen molar-refractivity contribution in [1.29, 1.82) is 0 Å². The lowest BCUT2D eigenvalue weighted by Crippen LogP contribution is -2.13. The predicted molar refractivity (Wildman–Crippen MR) is 70.4 cm³/mol. The normalized spacial score (nSPS) is 11.8.